The number of benzene rings is 2. The smallest absolute Gasteiger partial charge is 0.337 e. The second kappa shape index (κ2) is 10.6. The lowest BCUT2D eigenvalue weighted by Crippen LogP contribution is -2.37. The second-order valence-electron chi connectivity index (χ2n) is 6.34. The van der Waals surface area contributed by atoms with Gasteiger partial charge in [-0.1, -0.05) is 30.3 Å². The van der Waals surface area contributed by atoms with Gasteiger partial charge in [0.2, 0.25) is 10.0 Å². The zero-order chi connectivity index (χ0) is 20.0. The second-order valence-corrected chi connectivity index (χ2v) is 8.24. The van der Waals surface area contributed by atoms with E-state index in [9.17, 15) is 13.2 Å². The Balaban J connectivity index is 0.00000392. The van der Waals surface area contributed by atoms with Crippen LogP contribution in [0, 0.1) is 13.8 Å². The van der Waals surface area contributed by atoms with Gasteiger partial charge in [0.05, 0.1) is 17.6 Å². The van der Waals surface area contributed by atoms with Crippen LogP contribution >= 0.6 is 12.4 Å². The number of halogens is 1. The molecule has 0 aliphatic heterocycles. The molecule has 8 heteroatoms. The third-order valence-corrected chi connectivity index (χ3v) is 6.55. The molecular weight excluding hydrogens is 400 g/mol. The minimum Gasteiger partial charge on any atom is -0.465 e. The number of hydrogen-bond acceptors (Lipinski definition) is 5. The number of aryl methyl sites for hydroxylation is 1. The predicted molar refractivity (Wildman–Crippen MR) is 112 cm³/mol. The van der Waals surface area contributed by atoms with Crippen LogP contribution in [0.2, 0.25) is 0 Å². The summed E-state index contributed by atoms with van der Waals surface area (Å²) >= 11 is 0. The summed E-state index contributed by atoms with van der Waals surface area (Å²) in [7, 11) is -2.54. The molecule has 0 spiro atoms. The van der Waals surface area contributed by atoms with E-state index in [4.69, 9.17) is 10.5 Å². The highest BCUT2D eigenvalue weighted by Crippen LogP contribution is 2.25. The molecular formula is C20H27ClN2O4S. The quantitative estimate of drug-likeness (QED) is 0.655. The summed E-state index contributed by atoms with van der Waals surface area (Å²) < 4.78 is 32.7. The van der Waals surface area contributed by atoms with Gasteiger partial charge < -0.3 is 10.5 Å². The fraction of sp³-hybridized carbons (Fsp3) is 0.350. The maximum Gasteiger partial charge on any atom is 0.337 e. The first-order valence-corrected chi connectivity index (χ1v) is 10.2. The molecule has 28 heavy (non-hydrogen) atoms. The summed E-state index contributed by atoms with van der Waals surface area (Å²) in [6.45, 7) is 4.24. The Labute approximate surface area is 173 Å². The van der Waals surface area contributed by atoms with E-state index < -0.39 is 16.0 Å². The van der Waals surface area contributed by atoms with Gasteiger partial charge in [0.25, 0.3) is 0 Å². The fourth-order valence-electron chi connectivity index (χ4n) is 2.86. The number of carbonyl (C=O) groups is 1. The maximum absolute atomic E-state index is 13.3. The number of methoxy groups -OCH3 is 1. The van der Waals surface area contributed by atoms with Gasteiger partial charge in [-0.05, 0) is 49.1 Å². The van der Waals surface area contributed by atoms with Gasteiger partial charge in [-0.15, -0.1) is 12.4 Å². The van der Waals surface area contributed by atoms with Crippen molar-refractivity contribution in [1.29, 1.82) is 0 Å². The zero-order valence-corrected chi connectivity index (χ0v) is 18.0. The molecule has 0 heterocycles. The molecule has 0 amide bonds. The number of rotatable bonds is 8. The topological polar surface area (TPSA) is 89.7 Å². The van der Waals surface area contributed by atoms with Crippen molar-refractivity contribution in [1.82, 2.24) is 4.31 Å². The van der Waals surface area contributed by atoms with Gasteiger partial charge >= 0.3 is 5.97 Å². The van der Waals surface area contributed by atoms with Crippen LogP contribution in [0.5, 0.6) is 0 Å². The Bertz CT molecular complexity index is 902. The number of nitrogens with zero attached hydrogens (tertiary/aromatic N) is 1. The predicted octanol–water partition coefficient (Wildman–Crippen LogP) is 2.70. The van der Waals surface area contributed by atoms with E-state index in [-0.39, 0.29) is 36.0 Å². The lowest BCUT2D eigenvalue weighted by Gasteiger charge is -2.23. The third kappa shape index (κ3) is 5.54. The van der Waals surface area contributed by atoms with Gasteiger partial charge in [-0.25, -0.2) is 13.2 Å². The molecule has 0 saturated carbocycles. The molecule has 0 aromatic heterocycles. The molecule has 2 rings (SSSR count). The van der Waals surface area contributed by atoms with Crippen LogP contribution in [0.4, 0.5) is 0 Å². The first-order valence-electron chi connectivity index (χ1n) is 8.75. The SMILES string of the molecule is COC(=O)c1cc(C)c(C)c(S(=O)(=O)N(CCN)CCc2ccccc2)c1.Cl. The van der Waals surface area contributed by atoms with Crippen LogP contribution in [0.25, 0.3) is 0 Å². The summed E-state index contributed by atoms with van der Waals surface area (Å²) in [5, 5.41) is 0. The summed E-state index contributed by atoms with van der Waals surface area (Å²) in [6, 6.07) is 12.7. The molecule has 0 fully saturated rings. The first-order chi connectivity index (χ1) is 12.8. The fourth-order valence-corrected chi connectivity index (χ4v) is 4.64. The van der Waals surface area contributed by atoms with Crippen LogP contribution in [0.3, 0.4) is 0 Å². The highest BCUT2D eigenvalue weighted by molar-refractivity contribution is 7.89. The Morgan fingerprint density at radius 2 is 1.75 bits per heavy atom. The zero-order valence-electron chi connectivity index (χ0n) is 16.3. The molecule has 0 aliphatic rings. The lowest BCUT2D eigenvalue weighted by molar-refractivity contribution is 0.0600. The van der Waals surface area contributed by atoms with E-state index in [0.29, 0.717) is 24.1 Å². The Hall–Kier alpha value is -1.93. The molecule has 154 valence electrons. The molecule has 2 N–H and O–H groups in total. The summed E-state index contributed by atoms with van der Waals surface area (Å²) in [5.74, 6) is -0.566. The molecule has 2 aromatic carbocycles. The van der Waals surface area contributed by atoms with Crippen LogP contribution in [0.15, 0.2) is 47.4 Å². The molecule has 0 saturated heterocycles. The van der Waals surface area contributed by atoms with Crippen molar-refractivity contribution < 1.29 is 17.9 Å². The maximum atomic E-state index is 13.3. The van der Waals surface area contributed by atoms with Crippen molar-refractivity contribution in [2.24, 2.45) is 5.73 Å². The standard InChI is InChI=1S/C20H26N2O4S.ClH/c1-15-13-18(20(23)26-3)14-19(16(15)2)27(24,25)22(12-10-21)11-9-17-7-5-4-6-8-17;/h4-8,13-14H,9-12,21H2,1-3H3;1H. The Kier molecular flexibility index (Phi) is 9.10. The number of hydrogen-bond donors (Lipinski definition) is 1. The van der Waals surface area contributed by atoms with E-state index in [1.807, 2.05) is 30.3 Å². The number of ether oxygens (including phenoxy) is 1. The Morgan fingerprint density at radius 3 is 2.32 bits per heavy atom. The van der Waals surface area contributed by atoms with Gasteiger partial charge in [0.15, 0.2) is 0 Å². The van der Waals surface area contributed by atoms with Crippen molar-refractivity contribution in [3.63, 3.8) is 0 Å². The minimum absolute atomic E-state index is 0. The van der Waals surface area contributed by atoms with Crippen LogP contribution in [-0.2, 0) is 21.2 Å². The normalized spacial score (nSPS) is 11.2. The van der Waals surface area contributed by atoms with Crippen molar-refractivity contribution in [3.8, 4) is 0 Å². The average Bonchev–Trinajstić information content (AvgIpc) is 2.66. The van der Waals surface area contributed by atoms with E-state index in [1.165, 1.54) is 17.5 Å². The molecule has 0 atom stereocenters. The monoisotopic (exact) mass is 426 g/mol. The van der Waals surface area contributed by atoms with Crippen molar-refractivity contribution in [3.05, 3.63) is 64.7 Å². The van der Waals surface area contributed by atoms with Gasteiger partial charge in [-0.2, -0.15) is 4.31 Å². The number of carbonyl (C=O) groups excluding carboxylic acids is 1. The van der Waals surface area contributed by atoms with Crippen molar-refractivity contribution >= 4 is 28.4 Å². The van der Waals surface area contributed by atoms with Crippen molar-refractivity contribution in [2.45, 2.75) is 25.2 Å². The third-order valence-electron chi connectivity index (χ3n) is 4.53. The van der Waals surface area contributed by atoms with E-state index in [1.54, 1.807) is 19.9 Å². The highest BCUT2D eigenvalue weighted by atomic mass is 35.5. The minimum atomic E-state index is -3.81. The molecule has 0 aliphatic carbocycles. The van der Waals surface area contributed by atoms with Gasteiger partial charge in [0, 0.05) is 19.6 Å². The first kappa shape index (κ1) is 24.1. The lowest BCUT2D eigenvalue weighted by atomic mass is 10.1. The molecule has 0 radical (unpaired) electrons. The molecule has 0 bridgehead atoms. The number of esters is 1. The van der Waals surface area contributed by atoms with Gasteiger partial charge in [0.1, 0.15) is 0 Å². The van der Waals surface area contributed by atoms with E-state index in [2.05, 4.69) is 0 Å². The van der Waals surface area contributed by atoms with E-state index in [0.717, 1.165) is 5.56 Å². The molecule has 2 aromatic rings. The van der Waals surface area contributed by atoms with E-state index >= 15 is 0 Å². The average molecular weight is 427 g/mol. The molecule has 0 unspecified atom stereocenters. The van der Waals surface area contributed by atoms with Crippen LogP contribution in [-0.4, -0.2) is 45.4 Å². The summed E-state index contributed by atoms with van der Waals surface area (Å²) in [5.41, 5.74) is 8.26. The number of nitrogens with two attached hydrogens (primary N) is 1. The highest BCUT2D eigenvalue weighted by Gasteiger charge is 2.27. The van der Waals surface area contributed by atoms with Crippen LogP contribution in [0.1, 0.15) is 27.0 Å². The Morgan fingerprint density at radius 1 is 1.11 bits per heavy atom. The number of sulfonamides is 1. The van der Waals surface area contributed by atoms with Crippen molar-refractivity contribution in [2.75, 3.05) is 26.7 Å². The van der Waals surface area contributed by atoms with Crippen LogP contribution < -0.4 is 5.73 Å². The molecule has 6 nitrogen and oxygen atoms in total. The largest absolute Gasteiger partial charge is 0.465 e. The van der Waals surface area contributed by atoms with Gasteiger partial charge in [-0.3, -0.25) is 0 Å². The summed E-state index contributed by atoms with van der Waals surface area (Å²) in [6.07, 6.45) is 0.578. The summed E-state index contributed by atoms with van der Waals surface area (Å²) in [4.78, 5) is 12.0.